The molecule has 1 atom stereocenters. The Morgan fingerprint density at radius 2 is 1.90 bits per heavy atom. The molecule has 0 saturated carbocycles. The van der Waals surface area contributed by atoms with Crippen molar-refractivity contribution in [1.29, 1.82) is 0 Å². The van der Waals surface area contributed by atoms with E-state index >= 15 is 0 Å². The number of rotatable bonds is 8. The molecule has 1 fully saturated rings. The van der Waals surface area contributed by atoms with E-state index in [0.29, 0.717) is 30.5 Å². The lowest BCUT2D eigenvalue weighted by atomic mass is 10.1. The first kappa shape index (κ1) is 24.2. The van der Waals surface area contributed by atoms with Crippen LogP contribution in [0.1, 0.15) is 23.1 Å². The number of aliphatic hydroxyl groups excluding tert-OH is 1. The molecule has 2 aromatic rings. The second-order valence-electron chi connectivity index (χ2n) is 7.19. The third-order valence-corrected chi connectivity index (χ3v) is 5.10. The topological polar surface area (TPSA) is 92.3 Å². The van der Waals surface area contributed by atoms with Gasteiger partial charge in [-0.3, -0.25) is 4.90 Å². The predicted molar refractivity (Wildman–Crippen MR) is 129 cm³/mol. The molecule has 1 aliphatic rings. The minimum atomic E-state index is -0.209. The highest BCUT2D eigenvalue weighted by atomic mass is 127. The maximum Gasteiger partial charge on any atom is 0.189 e. The average molecular weight is 526 g/mol. The third kappa shape index (κ3) is 6.75. The van der Waals surface area contributed by atoms with Crippen molar-refractivity contribution in [2.75, 3.05) is 27.3 Å². The lowest BCUT2D eigenvalue weighted by Gasteiger charge is -2.18. The van der Waals surface area contributed by atoms with Crippen LogP contribution in [0.2, 0.25) is 0 Å². The molecule has 1 saturated heterocycles. The number of aliphatic hydroxyl groups is 1. The number of aliphatic imine (C=N–C) groups is 1. The van der Waals surface area contributed by atoms with Crippen LogP contribution in [0.3, 0.4) is 0 Å². The van der Waals surface area contributed by atoms with Crippen LogP contribution in [0.5, 0.6) is 11.5 Å². The molecule has 0 bridgehead atoms. The molecule has 1 aliphatic heterocycles. The van der Waals surface area contributed by atoms with Gasteiger partial charge in [-0.2, -0.15) is 0 Å². The van der Waals surface area contributed by atoms with Crippen molar-refractivity contribution in [2.45, 2.75) is 32.2 Å². The second kappa shape index (κ2) is 12.0. The molecular formula is C22H31IN4O3. The summed E-state index contributed by atoms with van der Waals surface area (Å²) in [5.74, 6) is 1.76. The molecule has 1 heterocycles. The fourth-order valence-corrected chi connectivity index (χ4v) is 3.48. The minimum Gasteiger partial charge on any atom is -0.493 e. The third-order valence-electron chi connectivity index (χ3n) is 5.10. The van der Waals surface area contributed by atoms with Crippen LogP contribution >= 0.6 is 24.0 Å². The van der Waals surface area contributed by atoms with E-state index in [9.17, 15) is 5.11 Å². The van der Waals surface area contributed by atoms with Crippen LogP contribution in [0.25, 0.3) is 0 Å². The van der Waals surface area contributed by atoms with Gasteiger partial charge >= 0.3 is 0 Å². The number of likely N-dealkylation sites (tertiary alicyclic amines) is 1. The van der Waals surface area contributed by atoms with Gasteiger partial charge in [0.25, 0.3) is 0 Å². The summed E-state index contributed by atoms with van der Waals surface area (Å²) in [6, 6.07) is 14.0. The number of guanidine groups is 1. The molecule has 2 aromatic carbocycles. The van der Waals surface area contributed by atoms with Gasteiger partial charge in [0.05, 0.1) is 26.9 Å². The predicted octanol–water partition coefficient (Wildman–Crippen LogP) is 2.49. The number of halogens is 1. The van der Waals surface area contributed by atoms with Crippen molar-refractivity contribution < 1.29 is 14.6 Å². The minimum absolute atomic E-state index is 0. The van der Waals surface area contributed by atoms with Gasteiger partial charge in [-0.1, -0.05) is 30.3 Å². The number of ether oxygens (including phenoxy) is 2. The maximum absolute atomic E-state index is 9.74. The van der Waals surface area contributed by atoms with E-state index in [1.807, 2.05) is 30.3 Å². The summed E-state index contributed by atoms with van der Waals surface area (Å²) in [5.41, 5.74) is 9.47. The molecule has 4 N–H and O–H groups in total. The molecule has 0 radical (unpaired) electrons. The van der Waals surface area contributed by atoms with Crippen LogP contribution < -0.4 is 20.5 Å². The summed E-state index contributed by atoms with van der Waals surface area (Å²) in [5, 5.41) is 12.9. The Kier molecular flexibility index (Phi) is 9.67. The van der Waals surface area contributed by atoms with E-state index in [4.69, 9.17) is 15.2 Å². The monoisotopic (exact) mass is 526 g/mol. The summed E-state index contributed by atoms with van der Waals surface area (Å²) in [7, 11) is 3.22. The van der Waals surface area contributed by atoms with Gasteiger partial charge in [-0.05, 0) is 35.2 Å². The zero-order chi connectivity index (χ0) is 20.6. The molecule has 30 heavy (non-hydrogen) atoms. The summed E-state index contributed by atoms with van der Waals surface area (Å²) in [4.78, 5) is 6.70. The average Bonchev–Trinajstić information content (AvgIpc) is 3.15. The lowest BCUT2D eigenvalue weighted by molar-refractivity contribution is 0.174. The van der Waals surface area contributed by atoms with Gasteiger partial charge in [-0.25, -0.2) is 4.99 Å². The molecule has 0 aromatic heterocycles. The first-order chi connectivity index (χ1) is 14.1. The summed E-state index contributed by atoms with van der Waals surface area (Å²) < 4.78 is 10.6. The van der Waals surface area contributed by atoms with Crippen molar-refractivity contribution >= 4 is 29.9 Å². The lowest BCUT2D eigenvalue weighted by Crippen LogP contribution is -2.32. The summed E-state index contributed by atoms with van der Waals surface area (Å²) in [6.45, 7) is 3.55. The van der Waals surface area contributed by atoms with Gasteiger partial charge in [-0.15, -0.1) is 24.0 Å². The van der Waals surface area contributed by atoms with Gasteiger partial charge in [0.2, 0.25) is 0 Å². The van der Waals surface area contributed by atoms with Crippen LogP contribution in [0.15, 0.2) is 47.5 Å². The first-order valence-corrected chi connectivity index (χ1v) is 9.81. The van der Waals surface area contributed by atoms with Crippen molar-refractivity contribution in [1.82, 2.24) is 10.2 Å². The summed E-state index contributed by atoms with van der Waals surface area (Å²) in [6.07, 6.45) is 0.635. The number of hydrogen-bond donors (Lipinski definition) is 3. The highest BCUT2D eigenvalue weighted by molar-refractivity contribution is 14.0. The standard InChI is InChI=1S/C22H30N4O3.HI/c1-28-20-8-7-16(11-21(20)29-2)12-24-22(23)25-13-17-5-3-4-6-18(17)14-26-10-9-19(27)15-26;/h3-8,11,19,27H,9-10,12-15H2,1-2H3,(H3,23,24,25);1H. The van der Waals surface area contributed by atoms with E-state index in [-0.39, 0.29) is 30.1 Å². The molecule has 7 nitrogen and oxygen atoms in total. The molecule has 0 amide bonds. The van der Waals surface area contributed by atoms with Gasteiger partial charge in [0.15, 0.2) is 17.5 Å². The van der Waals surface area contributed by atoms with Crippen LogP contribution in [-0.4, -0.2) is 49.4 Å². The van der Waals surface area contributed by atoms with Crippen LogP contribution in [0, 0.1) is 0 Å². The van der Waals surface area contributed by atoms with Gasteiger partial charge in [0, 0.05) is 26.2 Å². The Bertz CT molecular complexity index is 847. The normalized spacial score (nSPS) is 16.8. The SMILES string of the molecule is COc1ccc(CN=C(N)NCc2ccccc2CN2CCC(O)C2)cc1OC.I. The largest absolute Gasteiger partial charge is 0.493 e. The molecule has 0 aliphatic carbocycles. The van der Waals surface area contributed by atoms with Gasteiger partial charge < -0.3 is 25.6 Å². The number of nitrogens with one attached hydrogen (secondary N) is 1. The van der Waals surface area contributed by atoms with E-state index in [0.717, 1.165) is 31.6 Å². The van der Waals surface area contributed by atoms with E-state index in [1.165, 1.54) is 11.1 Å². The quantitative estimate of drug-likeness (QED) is 0.278. The van der Waals surface area contributed by atoms with E-state index in [2.05, 4.69) is 27.3 Å². The van der Waals surface area contributed by atoms with Crippen molar-refractivity contribution in [2.24, 2.45) is 10.7 Å². The van der Waals surface area contributed by atoms with E-state index in [1.54, 1.807) is 14.2 Å². The van der Waals surface area contributed by atoms with Gasteiger partial charge in [0.1, 0.15) is 0 Å². The number of nitrogens with zero attached hydrogens (tertiary/aromatic N) is 2. The molecular weight excluding hydrogens is 495 g/mol. The van der Waals surface area contributed by atoms with Crippen LogP contribution in [-0.2, 0) is 19.6 Å². The van der Waals surface area contributed by atoms with Crippen LogP contribution in [0.4, 0.5) is 0 Å². The summed E-state index contributed by atoms with van der Waals surface area (Å²) >= 11 is 0. The smallest absolute Gasteiger partial charge is 0.189 e. The van der Waals surface area contributed by atoms with Crippen molar-refractivity contribution in [3.05, 3.63) is 59.2 Å². The Labute approximate surface area is 195 Å². The molecule has 164 valence electrons. The second-order valence-corrected chi connectivity index (χ2v) is 7.19. The maximum atomic E-state index is 9.74. The number of nitrogens with two attached hydrogens (primary N) is 1. The highest BCUT2D eigenvalue weighted by Crippen LogP contribution is 2.27. The Morgan fingerprint density at radius 1 is 1.17 bits per heavy atom. The van der Waals surface area contributed by atoms with E-state index < -0.39 is 0 Å². The van der Waals surface area contributed by atoms with Crippen molar-refractivity contribution in [3.8, 4) is 11.5 Å². The molecule has 3 rings (SSSR count). The Morgan fingerprint density at radius 3 is 2.57 bits per heavy atom. The fraction of sp³-hybridized carbons (Fsp3) is 0.409. The number of methoxy groups -OCH3 is 2. The Balaban J connectivity index is 0.00000320. The Hall–Kier alpha value is -2.04. The zero-order valence-electron chi connectivity index (χ0n) is 17.5. The number of β-amino-alcohol motifs (C(OH)–C–C–N with tert-alkyl or cyclic N) is 1. The number of benzene rings is 2. The zero-order valence-corrected chi connectivity index (χ0v) is 19.8. The fourth-order valence-electron chi connectivity index (χ4n) is 3.48. The molecule has 8 heteroatoms. The highest BCUT2D eigenvalue weighted by Gasteiger charge is 2.20. The first-order valence-electron chi connectivity index (χ1n) is 9.81. The van der Waals surface area contributed by atoms with Crippen molar-refractivity contribution in [3.63, 3.8) is 0 Å². The molecule has 1 unspecified atom stereocenters. The molecule has 0 spiro atoms. The number of hydrogen-bond acceptors (Lipinski definition) is 5.